The van der Waals surface area contributed by atoms with Crippen molar-refractivity contribution in [2.75, 3.05) is 29.9 Å². The van der Waals surface area contributed by atoms with Gasteiger partial charge in [0.15, 0.2) is 0 Å². The molecule has 0 aliphatic rings. The quantitative estimate of drug-likeness (QED) is 0.702. The Balaban J connectivity index is 2.72. The molecule has 0 fully saturated rings. The van der Waals surface area contributed by atoms with Crippen LogP contribution >= 0.6 is 0 Å². The molecule has 114 valence electrons. The number of nitrogens with zero attached hydrogens (tertiary/aromatic N) is 2. The van der Waals surface area contributed by atoms with Crippen molar-refractivity contribution >= 4 is 21.7 Å². The first-order valence-electron chi connectivity index (χ1n) is 5.57. The Kier molecular flexibility index (Phi) is 5.11. The number of rotatable bonds is 6. The van der Waals surface area contributed by atoms with E-state index < -0.39 is 22.0 Å². The van der Waals surface area contributed by atoms with Gasteiger partial charge in [-0.3, -0.25) is 0 Å². The van der Waals surface area contributed by atoms with Gasteiger partial charge >= 0.3 is 6.18 Å². The van der Waals surface area contributed by atoms with E-state index in [0.29, 0.717) is 0 Å². The van der Waals surface area contributed by atoms with Gasteiger partial charge in [0.2, 0.25) is 15.8 Å². The molecule has 1 heterocycles. The number of nitrogen functional groups attached to an aromatic ring is 1. The molecule has 7 nitrogen and oxygen atoms in total. The molecule has 0 saturated heterocycles. The summed E-state index contributed by atoms with van der Waals surface area (Å²) < 4.78 is 62.2. The molecule has 0 amide bonds. The molecular formula is C9H14F3N5O2S. The van der Waals surface area contributed by atoms with Crippen molar-refractivity contribution in [1.29, 1.82) is 0 Å². The van der Waals surface area contributed by atoms with E-state index in [0.717, 1.165) is 6.07 Å². The monoisotopic (exact) mass is 313 g/mol. The number of nitrogens with two attached hydrogens (primary N) is 1. The van der Waals surface area contributed by atoms with Gasteiger partial charge in [-0.2, -0.15) is 13.2 Å². The van der Waals surface area contributed by atoms with Crippen LogP contribution in [0, 0.1) is 0 Å². The molecule has 0 aromatic carbocycles. The van der Waals surface area contributed by atoms with Crippen LogP contribution in [-0.2, 0) is 16.2 Å². The Morgan fingerprint density at radius 3 is 2.55 bits per heavy atom. The van der Waals surface area contributed by atoms with Gasteiger partial charge in [-0.25, -0.2) is 23.1 Å². The van der Waals surface area contributed by atoms with Crippen LogP contribution < -0.4 is 15.8 Å². The summed E-state index contributed by atoms with van der Waals surface area (Å²) in [5, 5.41) is 2.46. The van der Waals surface area contributed by atoms with Gasteiger partial charge in [0.25, 0.3) is 0 Å². The summed E-state index contributed by atoms with van der Waals surface area (Å²) in [6.07, 6.45) is -4.72. The fourth-order valence-electron chi connectivity index (χ4n) is 1.29. The van der Waals surface area contributed by atoms with E-state index in [4.69, 9.17) is 5.73 Å². The number of hydrogen-bond donors (Lipinski definition) is 3. The number of halogens is 3. The molecule has 0 radical (unpaired) electrons. The van der Waals surface area contributed by atoms with Gasteiger partial charge in [0.1, 0.15) is 11.6 Å². The molecule has 0 aliphatic heterocycles. The average molecular weight is 313 g/mol. The summed E-state index contributed by atoms with van der Waals surface area (Å²) >= 11 is 0. The standard InChI is InChI=1S/C9H14F3N5O2S/c1-2-15-20(18,19)4-3-14-7-5-6(13)16-8(17-7)9(10,11)12/h5,15H,2-4H2,1H3,(H3,13,14,16,17). The van der Waals surface area contributed by atoms with Gasteiger partial charge in [0.05, 0.1) is 5.75 Å². The summed E-state index contributed by atoms with van der Waals surface area (Å²) in [4.78, 5) is 6.29. The lowest BCUT2D eigenvalue weighted by atomic mass is 10.4. The molecule has 0 aliphatic carbocycles. The molecule has 0 atom stereocenters. The number of nitrogens with one attached hydrogen (secondary N) is 2. The van der Waals surface area contributed by atoms with Crippen molar-refractivity contribution in [2.24, 2.45) is 0 Å². The number of alkyl halides is 3. The third-order valence-corrected chi connectivity index (χ3v) is 3.51. The molecule has 0 unspecified atom stereocenters. The molecule has 0 bridgehead atoms. The van der Waals surface area contributed by atoms with Crippen LogP contribution in [0.5, 0.6) is 0 Å². The Morgan fingerprint density at radius 2 is 2.00 bits per heavy atom. The second kappa shape index (κ2) is 6.22. The van der Waals surface area contributed by atoms with Crippen molar-refractivity contribution in [3.8, 4) is 0 Å². The number of anilines is 2. The minimum atomic E-state index is -4.72. The molecule has 0 spiro atoms. The Bertz CT molecular complexity index is 561. The van der Waals surface area contributed by atoms with Crippen molar-refractivity contribution in [1.82, 2.24) is 14.7 Å². The smallest absolute Gasteiger partial charge is 0.384 e. The summed E-state index contributed by atoms with van der Waals surface area (Å²) in [5.74, 6) is -2.22. The fraction of sp³-hybridized carbons (Fsp3) is 0.556. The van der Waals surface area contributed by atoms with Gasteiger partial charge in [-0.1, -0.05) is 6.92 Å². The van der Waals surface area contributed by atoms with Crippen molar-refractivity contribution < 1.29 is 21.6 Å². The van der Waals surface area contributed by atoms with Crippen molar-refractivity contribution in [3.05, 3.63) is 11.9 Å². The van der Waals surface area contributed by atoms with E-state index in [2.05, 4.69) is 20.0 Å². The van der Waals surface area contributed by atoms with Crippen LogP contribution in [0.25, 0.3) is 0 Å². The fourth-order valence-corrected chi connectivity index (χ4v) is 2.24. The van der Waals surface area contributed by atoms with Crippen LogP contribution in [0.1, 0.15) is 12.7 Å². The number of aromatic nitrogens is 2. The number of sulfonamides is 1. The van der Waals surface area contributed by atoms with E-state index >= 15 is 0 Å². The molecule has 1 rings (SSSR count). The first-order chi connectivity index (χ1) is 9.14. The lowest BCUT2D eigenvalue weighted by Crippen LogP contribution is -2.29. The van der Waals surface area contributed by atoms with Gasteiger partial charge < -0.3 is 11.1 Å². The van der Waals surface area contributed by atoms with Gasteiger partial charge in [-0.05, 0) is 0 Å². The molecular weight excluding hydrogens is 299 g/mol. The average Bonchev–Trinajstić information content (AvgIpc) is 2.26. The highest BCUT2D eigenvalue weighted by Crippen LogP contribution is 2.27. The van der Waals surface area contributed by atoms with E-state index in [1.807, 2.05) is 0 Å². The Hall–Kier alpha value is -1.62. The maximum atomic E-state index is 12.4. The molecule has 4 N–H and O–H groups in total. The van der Waals surface area contributed by atoms with Crippen LogP contribution in [0.3, 0.4) is 0 Å². The zero-order valence-electron chi connectivity index (χ0n) is 10.5. The van der Waals surface area contributed by atoms with E-state index in [-0.39, 0.29) is 30.5 Å². The maximum absolute atomic E-state index is 12.4. The predicted molar refractivity (Wildman–Crippen MR) is 67.4 cm³/mol. The first kappa shape index (κ1) is 16.4. The zero-order chi connectivity index (χ0) is 15.4. The van der Waals surface area contributed by atoms with Gasteiger partial charge in [0, 0.05) is 19.2 Å². The first-order valence-corrected chi connectivity index (χ1v) is 7.22. The lowest BCUT2D eigenvalue weighted by Gasteiger charge is -2.10. The van der Waals surface area contributed by atoms with Crippen LogP contribution in [0.2, 0.25) is 0 Å². The molecule has 1 aromatic rings. The molecule has 11 heteroatoms. The molecule has 1 aromatic heterocycles. The highest BCUT2D eigenvalue weighted by atomic mass is 32.2. The number of hydrogen-bond acceptors (Lipinski definition) is 6. The summed E-state index contributed by atoms with van der Waals surface area (Å²) in [5.41, 5.74) is 5.24. The van der Waals surface area contributed by atoms with E-state index in [1.54, 1.807) is 6.92 Å². The lowest BCUT2D eigenvalue weighted by molar-refractivity contribution is -0.144. The molecule has 0 saturated carbocycles. The minimum Gasteiger partial charge on any atom is -0.384 e. The Labute approximate surface area is 113 Å². The molecule has 20 heavy (non-hydrogen) atoms. The second-order valence-corrected chi connectivity index (χ2v) is 5.67. The normalized spacial score (nSPS) is 12.4. The summed E-state index contributed by atoms with van der Waals surface area (Å²) in [6.45, 7) is 1.75. The summed E-state index contributed by atoms with van der Waals surface area (Å²) in [6, 6.07) is 1.09. The maximum Gasteiger partial charge on any atom is 0.451 e. The van der Waals surface area contributed by atoms with E-state index in [9.17, 15) is 21.6 Å². The zero-order valence-corrected chi connectivity index (χ0v) is 11.3. The second-order valence-electron chi connectivity index (χ2n) is 3.74. The van der Waals surface area contributed by atoms with Gasteiger partial charge in [-0.15, -0.1) is 0 Å². The predicted octanol–water partition coefficient (Wildman–Crippen LogP) is 0.429. The van der Waals surface area contributed by atoms with Crippen molar-refractivity contribution in [3.63, 3.8) is 0 Å². The van der Waals surface area contributed by atoms with E-state index in [1.165, 1.54) is 0 Å². The van der Waals surface area contributed by atoms with Crippen LogP contribution in [-0.4, -0.2) is 37.2 Å². The summed E-state index contributed by atoms with van der Waals surface area (Å²) in [7, 11) is -3.46. The highest BCUT2D eigenvalue weighted by molar-refractivity contribution is 7.89. The third kappa shape index (κ3) is 5.17. The largest absolute Gasteiger partial charge is 0.451 e. The minimum absolute atomic E-state index is 0.108. The topological polar surface area (TPSA) is 110 Å². The highest BCUT2D eigenvalue weighted by Gasteiger charge is 2.35. The van der Waals surface area contributed by atoms with Crippen LogP contribution in [0.15, 0.2) is 6.07 Å². The third-order valence-electron chi connectivity index (χ3n) is 2.04. The van der Waals surface area contributed by atoms with Crippen molar-refractivity contribution in [2.45, 2.75) is 13.1 Å². The Morgan fingerprint density at radius 1 is 1.35 bits per heavy atom. The van der Waals surface area contributed by atoms with Crippen LogP contribution in [0.4, 0.5) is 24.8 Å². The SMILES string of the molecule is CCNS(=O)(=O)CCNc1cc(N)nc(C(F)(F)F)n1.